The number of hydrogen-bond acceptors (Lipinski definition) is 12. The molecule has 0 radical (unpaired) electrons. The van der Waals surface area contributed by atoms with E-state index >= 15 is 0 Å². The summed E-state index contributed by atoms with van der Waals surface area (Å²) in [5.74, 6) is 1.64. The summed E-state index contributed by atoms with van der Waals surface area (Å²) < 4.78 is 6.52. The van der Waals surface area contributed by atoms with Gasteiger partial charge in [-0.3, -0.25) is 0 Å². The van der Waals surface area contributed by atoms with Crippen LogP contribution in [0.1, 0.15) is 37.3 Å². The van der Waals surface area contributed by atoms with E-state index in [1.807, 2.05) is 18.2 Å². The van der Waals surface area contributed by atoms with Gasteiger partial charge in [-0.25, -0.2) is 14.6 Å². The Kier molecular flexibility index (Phi) is 7.91. The monoisotopic (exact) mass is 532 g/mol. The van der Waals surface area contributed by atoms with Gasteiger partial charge in [-0.05, 0) is 18.4 Å². The van der Waals surface area contributed by atoms with Crippen molar-refractivity contribution in [2.75, 3.05) is 24.3 Å². The van der Waals surface area contributed by atoms with Crippen LogP contribution in [0.2, 0.25) is 0 Å². The average molecular weight is 533 g/mol. The van der Waals surface area contributed by atoms with Gasteiger partial charge >= 0.3 is 0 Å². The van der Waals surface area contributed by atoms with Crippen LogP contribution in [0.4, 0.5) is 5.82 Å². The Morgan fingerprint density at radius 1 is 1.05 bits per heavy atom. The van der Waals surface area contributed by atoms with Crippen LogP contribution in [0.25, 0.3) is 11.2 Å². The Hall–Kier alpha value is -2.39. The topological polar surface area (TPSA) is 179 Å². The molecule has 200 valence electrons. The fraction of sp³-hybridized carbons (Fsp3) is 0.583. The van der Waals surface area contributed by atoms with Crippen molar-refractivity contribution in [2.45, 2.75) is 73.4 Å². The Morgan fingerprint density at radius 3 is 2.46 bits per heavy atom. The molecule has 2 fully saturated rings. The van der Waals surface area contributed by atoms with Gasteiger partial charge in [0.15, 0.2) is 22.1 Å². The van der Waals surface area contributed by atoms with Crippen molar-refractivity contribution in [1.82, 2.24) is 25.0 Å². The fourth-order valence-corrected chi connectivity index (χ4v) is 5.53. The molecule has 13 heteroatoms. The van der Waals surface area contributed by atoms with Gasteiger partial charge in [0.2, 0.25) is 0 Å². The third-order valence-electron chi connectivity index (χ3n) is 6.84. The number of nitrogens with zero attached hydrogens (tertiary/aromatic N) is 5. The summed E-state index contributed by atoms with van der Waals surface area (Å²) in [4.78, 5) is 9.28. The lowest BCUT2D eigenvalue weighted by Crippen LogP contribution is -2.62. The zero-order chi connectivity index (χ0) is 26.1. The van der Waals surface area contributed by atoms with Gasteiger partial charge in [0.25, 0.3) is 0 Å². The lowest BCUT2D eigenvalue weighted by molar-refractivity contribution is -0.216. The second-order valence-electron chi connectivity index (χ2n) is 9.43. The number of fused-ring (bicyclic) bond motifs is 1. The summed E-state index contributed by atoms with van der Waals surface area (Å²) in [6, 6.07) is 9.13. The first-order valence-electron chi connectivity index (χ1n) is 12.5. The van der Waals surface area contributed by atoms with Crippen molar-refractivity contribution < 1.29 is 30.3 Å². The van der Waals surface area contributed by atoms with Crippen LogP contribution >= 0.6 is 11.8 Å². The summed E-state index contributed by atoms with van der Waals surface area (Å²) in [7, 11) is 0. The molecule has 6 N–H and O–H groups in total. The molecule has 5 rings (SSSR count). The Balaban J connectivity index is 1.47. The Labute approximate surface area is 217 Å². The maximum Gasteiger partial charge on any atom is 0.191 e. The number of anilines is 1. The zero-order valence-corrected chi connectivity index (χ0v) is 21.1. The molecular formula is C24H32N6O6S. The molecule has 12 nitrogen and oxygen atoms in total. The van der Waals surface area contributed by atoms with Crippen LogP contribution in [0.15, 0.2) is 35.5 Å². The second-order valence-corrected chi connectivity index (χ2v) is 10.5. The largest absolute Gasteiger partial charge is 0.394 e. The molecule has 0 saturated heterocycles. The minimum atomic E-state index is -1.55. The highest BCUT2D eigenvalue weighted by Crippen LogP contribution is 2.43. The number of aliphatic hydroxyl groups excluding tert-OH is 5. The molecule has 2 aliphatic carbocycles. The van der Waals surface area contributed by atoms with Gasteiger partial charge in [0.1, 0.15) is 36.6 Å². The predicted octanol–water partition coefficient (Wildman–Crippen LogP) is 0.0672. The summed E-state index contributed by atoms with van der Waals surface area (Å²) in [5, 5.41) is 64.5. The third-order valence-corrected chi connectivity index (χ3v) is 7.89. The average Bonchev–Trinajstić information content (AvgIpc) is 3.56. The fourth-order valence-electron chi connectivity index (χ4n) is 4.84. The molecule has 3 aromatic rings. The molecule has 2 saturated carbocycles. The number of ether oxygens (including phenoxy) is 1. The van der Waals surface area contributed by atoms with Crippen LogP contribution in [-0.4, -0.2) is 106 Å². The molecule has 8 atom stereocenters. The molecule has 0 amide bonds. The second kappa shape index (κ2) is 11.2. The maximum atomic E-state index is 10.9. The number of aromatic nitrogens is 5. The van der Waals surface area contributed by atoms with Gasteiger partial charge < -0.3 is 35.6 Å². The van der Waals surface area contributed by atoms with Crippen molar-refractivity contribution >= 4 is 28.7 Å². The number of nitrogens with one attached hydrogen (secondary N) is 1. The van der Waals surface area contributed by atoms with Crippen molar-refractivity contribution in [3.63, 3.8) is 0 Å². The standard InChI is InChI=1S/C24H32N6O6S/c1-2-10-37-24-26-22(25-14-11-13(14)12-6-4-3-5-7-12)15-23(27-24)30(29-28-15)16-17(32)19(34)21(36-9-8-31)20(35)18(16)33/h3-7,13-14,16-21,31-35H,2,8-11H2,1H3,(H,25,26,27)/t13-,14+,16?,17-,18+,19-,20+,21?/m0/s1. The van der Waals surface area contributed by atoms with E-state index < -0.39 is 36.6 Å². The van der Waals surface area contributed by atoms with E-state index in [1.54, 1.807) is 0 Å². The highest BCUT2D eigenvalue weighted by atomic mass is 32.2. The highest BCUT2D eigenvalue weighted by Gasteiger charge is 2.51. The van der Waals surface area contributed by atoms with E-state index in [9.17, 15) is 20.4 Å². The molecule has 2 aromatic heterocycles. The lowest BCUT2D eigenvalue weighted by Gasteiger charge is -2.43. The van der Waals surface area contributed by atoms with Crippen molar-refractivity contribution in [3.05, 3.63) is 35.9 Å². The molecule has 0 spiro atoms. The summed E-state index contributed by atoms with van der Waals surface area (Å²) >= 11 is 1.47. The van der Waals surface area contributed by atoms with Gasteiger partial charge in [0, 0.05) is 17.7 Å². The molecule has 37 heavy (non-hydrogen) atoms. The van der Waals surface area contributed by atoms with Crippen LogP contribution in [-0.2, 0) is 4.74 Å². The normalized spacial score (nSPS) is 31.5. The van der Waals surface area contributed by atoms with Crippen molar-refractivity contribution in [3.8, 4) is 0 Å². The Bertz CT molecular complexity index is 1190. The first-order valence-corrected chi connectivity index (χ1v) is 13.4. The summed E-state index contributed by atoms with van der Waals surface area (Å²) in [6.45, 7) is 1.55. The molecule has 0 aliphatic heterocycles. The molecule has 1 aromatic carbocycles. The summed E-state index contributed by atoms with van der Waals surface area (Å²) in [6.07, 6.45) is -5.60. The smallest absolute Gasteiger partial charge is 0.191 e. The van der Waals surface area contributed by atoms with Gasteiger partial charge in [-0.15, -0.1) is 5.10 Å². The van der Waals surface area contributed by atoms with Crippen LogP contribution in [0.3, 0.4) is 0 Å². The van der Waals surface area contributed by atoms with Gasteiger partial charge in [-0.1, -0.05) is 54.2 Å². The first kappa shape index (κ1) is 26.2. The van der Waals surface area contributed by atoms with E-state index in [0.717, 1.165) is 18.6 Å². The maximum absolute atomic E-state index is 10.9. The van der Waals surface area contributed by atoms with Gasteiger partial charge in [-0.2, -0.15) is 0 Å². The third kappa shape index (κ3) is 5.17. The number of rotatable bonds is 10. The highest BCUT2D eigenvalue weighted by molar-refractivity contribution is 7.99. The van der Waals surface area contributed by atoms with Crippen LogP contribution in [0.5, 0.6) is 0 Å². The molecule has 2 heterocycles. The Morgan fingerprint density at radius 2 is 1.78 bits per heavy atom. The van der Waals surface area contributed by atoms with E-state index in [-0.39, 0.29) is 24.9 Å². The van der Waals surface area contributed by atoms with Crippen molar-refractivity contribution in [2.24, 2.45) is 0 Å². The number of aliphatic hydroxyl groups is 5. The molecular weight excluding hydrogens is 500 g/mol. The number of hydrogen-bond donors (Lipinski definition) is 6. The quantitative estimate of drug-likeness (QED) is 0.153. The van der Waals surface area contributed by atoms with E-state index in [4.69, 9.17) is 9.84 Å². The molecule has 0 bridgehead atoms. The molecule has 2 unspecified atom stereocenters. The molecule has 2 aliphatic rings. The predicted molar refractivity (Wildman–Crippen MR) is 135 cm³/mol. The van der Waals surface area contributed by atoms with E-state index in [2.05, 4.69) is 44.7 Å². The minimum absolute atomic E-state index is 0.161. The van der Waals surface area contributed by atoms with Crippen LogP contribution < -0.4 is 5.32 Å². The van der Waals surface area contributed by atoms with E-state index in [0.29, 0.717) is 22.4 Å². The van der Waals surface area contributed by atoms with Crippen molar-refractivity contribution in [1.29, 1.82) is 0 Å². The number of thioether (sulfide) groups is 1. The SMILES string of the molecule is CCCSc1nc(N[C@@H]2C[C@H]2c2ccccc2)c2nnn(C3[C@@H](O)[C@@H](O)C(OCCO)[C@@H](O)[C@H]3O)c2n1. The summed E-state index contributed by atoms with van der Waals surface area (Å²) in [5.41, 5.74) is 1.87. The van der Waals surface area contributed by atoms with E-state index in [1.165, 1.54) is 22.0 Å². The van der Waals surface area contributed by atoms with Gasteiger partial charge in [0.05, 0.1) is 13.2 Å². The first-order chi connectivity index (χ1) is 17.9. The van der Waals surface area contributed by atoms with Crippen LogP contribution in [0, 0.1) is 0 Å². The number of benzene rings is 1. The lowest BCUT2D eigenvalue weighted by atomic mass is 9.83. The zero-order valence-electron chi connectivity index (χ0n) is 20.3. The minimum Gasteiger partial charge on any atom is -0.394 e.